The number of hydrogen-bond acceptors (Lipinski definition) is 5. The molecule has 0 fully saturated rings. The number of ketones is 1. The lowest BCUT2D eigenvalue weighted by Crippen LogP contribution is -2.34. The first-order valence-electron chi connectivity index (χ1n) is 18.5. The van der Waals surface area contributed by atoms with Gasteiger partial charge in [-0.2, -0.15) is 8.78 Å². The lowest BCUT2D eigenvalue weighted by atomic mass is 9.89. The van der Waals surface area contributed by atoms with Gasteiger partial charge in [-0.05, 0) is 80.0 Å². The number of hydrogen-bond donors (Lipinski definition) is 0. The van der Waals surface area contributed by atoms with Crippen LogP contribution < -0.4 is 4.74 Å². The molecular weight excluding hydrogens is 708 g/mol. The molecule has 0 saturated carbocycles. The summed E-state index contributed by atoms with van der Waals surface area (Å²) in [4.78, 5) is 31.8. The number of rotatable bonds is 14. The van der Waals surface area contributed by atoms with Gasteiger partial charge in [0, 0.05) is 57.4 Å². The predicted octanol–water partition coefficient (Wildman–Crippen LogP) is 11.5. The molecule has 286 valence electrons. The van der Waals surface area contributed by atoms with E-state index in [1.54, 1.807) is 12.1 Å². The summed E-state index contributed by atoms with van der Waals surface area (Å²) in [6, 6.07) is 25.5. The standard InChI is InChI=1S/C45H44F4N2O4/c1-7-13-30(8-2)24-51-38-19-18-31(41(50-55-29(6)52)34-16-11-12-17-39(34)54-25-45(48,49)44(46)47)22-35(38)36-23-37(32-14-9-10-15-33(32)42(36)51)43(53)40-27(4)20-26(3)21-28(40)5/h9-12,14-23,30,44H,7-8,13,24-25H2,1-6H3/b50-41+. The summed E-state index contributed by atoms with van der Waals surface area (Å²) in [7, 11) is 0. The van der Waals surface area contributed by atoms with Gasteiger partial charge in [-0.1, -0.05) is 92.0 Å². The van der Waals surface area contributed by atoms with E-state index >= 15 is 0 Å². The molecule has 0 N–H and O–H groups in total. The summed E-state index contributed by atoms with van der Waals surface area (Å²) >= 11 is 0. The average molecular weight is 753 g/mol. The number of halogens is 4. The predicted molar refractivity (Wildman–Crippen MR) is 210 cm³/mol. The number of carbonyl (C=O) groups is 2. The van der Waals surface area contributed by atoms with Crippen LogP contribution in [0, 0.1) is 26.7 Å². The third-order valence-corrected chi connectivity index (χ3v) is 10.1. The van der Waals surface area contributed by atoms with Crippen molar-refractivity contribution in [1.82, 2.24) is 4.57 Å². The van der Waals surface area contributed by atoms with E-state index in [0.717, 1.165) is 75.1 Å². The molecule has 0 aliphatic heterocycles. The number of aromatic nitrogens is 1. The van der Waals surface area contributed by atoms with Gasteiger partial charge in [0.25, 0.3) is 0 Å². The topological polar surface area (TPSA) is 69.9 Å². The summed E-state index contributed by atoms with van der Waals surface area (Å²) in [5.41, 5.74) is 6.57. The van der Waals surface area contributed by atoms with Crippen LogP contribution in [0.15, 0.2) is 90.1 Å². The quantitative estimate of drug-likeness (QED) is 0.0365. The Balaban J connectivity index is 1.64. The molecule has 0 aliphatic rings. The third kappa shape index (κ3) is 7.86. The molecule has 0 radical (unpaired) electrons. The number of aryl methyl sites for hydroxylation is 3. The first-order chi connectivity index (χ1) is 26.2. The van der Waals surface area contributed by atoms with Crippen LogP contribution in [0.4, 0.5) is 17.6 Å². The molecule has 1 atom stereocenters. The van der Waals surface area contributed by atoms with Crippen LogP contribution in [0.5, 0.6) is 5.75 Å². The highest BCUT2D eigenvalue weighted by Gasteiger charge is 2.42. The number of oxime groups is 1. The van der Waals surface area contributed by atoms with Crippen molar-refractivity contribution in [1.29, 1.82) is 0 Å². The van der Waals surface area contributed by atoms with Gasteiger partial charge in [-0.25, -0.2) is 13.6 Å². The van der Waals surface area contributed by atoms with E-state index in [2.05, 4.69) is 23.6 Å². The van der Waals surface area contributed by atoms with Crippen LogP contribution in [0.1, 0.15) is 83.8 Å². The van der Waals surface area contributed by atoms with E-state index in [0.29, 0.717) is 22.6 Å². The fourth-order valence-corrected chi connectivity index (χ4v) is 7.64. The number of nitrogens with zero attached hydrogens (tertiary/aromatic N) is 2. The number of carbonyl (C=O) groups excluding carboxylic acids is 2. The Kier molecular flexibility index (Phi) is 11.5. The van der Waals surface area contributed by atoms with Gasteiger partial charge in [0.1, 0.15) is 11.5 Å². The Labute approximate surface area is 317 Å². The molecule has 1 unspecified atom stereocenters. The maximum absolute atomic E-state index is 14.6. The van der Waals surface area contributed by atoms with Crippen molar-refractivity contribution in [2.24, 2.45) is 11.1 Å². The monoisotopic (exact) mass is 752 g/mol. The highest BCUT2D eigenvalue weighted by Crippen LogP contribution is 2.40. The second kappa shape index (κ2) is 16.1. The van der Waals surface area contributed by atoms with Gasteiger partial charge in [0.2, 0.25) is 0 Å². The van der Waals surface area contributed by atoms with Gasteiger partial charge in [0.05, 0.1) is 5.52 Å². The normalized spacial score (nSPS) is 12.9. The Hall–Kier alpha value is -5.51. The zero-order valence-electron chi connectivity index (χ0n) is 31.8. The van der Waals surface area contributed by atoms with Crippen molar-refractivity contribution < 1.29 is 36.7 Å². The molecule has 1 heterocycles. The molecule has 1 aromatic heterocycles. The fraction of sp³-hybridized carbons (Fsp3) is 0.311. The first kappa shape index (κ1) is 39.2. The number of fused-ring (bicyclic) bond motifs is 5. The first-order valence-corrected chi connectivity index (χ1v) is 18.5. The number of benzene rings is 5. The molecule has 0 bridgehead atoms. The SMILES string of the molecule is CCCC(CC)Cn1c2ccc(/C(=N\OC(C)=O)c3ccccc3OCC(F)(F)C(F)F)cc2c2cc(C(=O)c3c(C)cc(C)cc3C)c3ccccc3c21. The van der Waals surface area contributed by atoms with Gasteiger partial charge < -0.3 is 14.1 Å². The summed E-state index contributed by atoms with van der Waals surface area (Å²) in [6.07, 6.45) is -0.912. The highest BCUT2D eigenvalue weighted by atomic mass is 19.3. The maximum atomic E-state index is 14.6. The van der Waals surface area contributed by atoms with E-state index in [1.807, 2.05) is 75.4 Å². The molecular formula is C45H44F4N2O4. The van der Waals surface area contributed by atoms with E-state index in [9.17, 15) is 27.2 Å². The Morgan fingerprint density at radius 1 is 0.818 bits per heavy atom. The molecule has 55 heavy (non-hydrogen) atoms. The van der Waals surface area contributed by atoms with Crippen LogP contribution in [0.25, 0.3) is 32.6 Å². The Bertz CT molecular complexity index is 2430. The number of ether oxygens (including phenoxy) is 1. The van der Waals surface area contributed by atoms with Crippen LogP contribution >= 0.6 is 0 Å². The van der Waals surface area contributed by atoms with E-state index in [4.69, 9.17) is 9.57 Å². The zero-order valence-corrected chi connectivity index (χ0v) is 31.8. The van der Waals surface area contributed by atoms with Crippen LogP contribution in [0.3, 0.4) is 0 Å². The van der Waals surface area contributed by atoms with Crippen LogP contribution in [0.2, 0.25) is 0 Å². The van der Waals surface area contributed by atoms with Gasteiger partial charge >= 0.3 is 18.3 Å². The second-order valence-electron chi connectivity index (χ2n) is 14.2. The third-order valence-electron chi connectivity index (χ3n) is 10.1. The summed E-state index contributed by atoms with van der Waals surface area (Å²) in [6.45, 7) is 10.6. The van der Waals surface area contributed by atoms with Crippen molar-refractivity contribution in [3.05, 3.63) is 124 Å². The zero-order chi connectivity index (χ0) is 39.6. The van der Waals surface area contributed by atoms with Crippen LogP contribution in [-0.4, -0.2) is 41.0 Å². The molecule has 10 heteroatoms. The molecule has 6 aromatic rings. The number of para-hydroxylation sites is 1. The fourth-order valence-electron chi connectivity index (χ4n) is 7.64. The molecule has 6 nitrogen and oxygen atoms in total. The molecule has 0 spiro atoms. The highest BCUT2D eigenvalue weighted by molar-refractivity contribution is 6.27. The summed E-state index contributed by atoms with van der Waals surface area (Å²) < 4.78 is 61.7. The molecule has 0 amide bonds. The Morgan fingerprint density at radius 3 is 2.15 bits per heavy atom. The minimum Gasteiger partial charge on any atom is -0.486 e. The summed E-state index contributed by atoms with van der Waals surface area (Å²) in [5, 5.41) is 7.49. The van der Waals surface area contributed by atoms with Crippen molar-refractivity contribution in [3.8, 4) is 5.75 Å². The van der Waals surface area contributed by atoms with Gasteiger partial charge in [-0.3, -0.25) is 4.79 Å². The van der Waals surface area contributed by atoms with Gasteiger partial charge in [0.15, 0.2) is 12.4 Å². The van der Waals surface area contributed by atoms with Crippen LogP contribution in [-0.2, 0) is 16.2 Å². The lowest BCUT2D eigenvalue weighted by molar-refractivity contribution is -0.148. The maximum Gasteiger partial charge on any atom is 0.340 e. The molecule has 0 aliphatic carbocycles. The van der Waals surface area contributed by atoms with E-state index in [1.165, 1.54) is 25.1 Å². The van der Waals surface area contributed by atoms with Crippen molar-refractivity contribution >= 4 is 50.0 Å². The summed E-state index contributed by atoms with van der Waals surface area (Å²) in [5.74, 6) is -4.99. The minimum absolute atomic E-state index is 0.0642. The smallest absolute Gasteiger partial charge is 0.340 e. The second-order valence-corrected chi connectivity index (χ2v) is 14.2. The average Bonchev–Trinajstić information content (AvgIpc) is 3.45. The minimum atomic E-state index is -4.40. The molecule has 6 rings (SSSR count). The van der Waals surface area contributed by atoms with E-state index in [-0.39, 0.29) is 22.8 Å². The van der Waals surface area contributed by atoms with Crippen molar-refractivity contribution in [3.63, 3.8) is 0 Å². The lowest BCUT2D eigenvalue weighted by Gasteiger charge is -2.19. The van der Waals surface area contributed by atoms with Gasteiger partial charge in [-0.15, -0.1) is 0 Å². The van der Waals surface area contributed by atoms with Crippen molar-refractivity contribution in [2.45, 2.75) is 79.7 Å². The molecule has 0 saturated heterocycles. The Morgan fingerprint density at radius 2 is 1.49 bits per heavy atom. The molecule has 5 aromatic carbocycles. The van der Waals surface area contributed by atoms with E-state index < -0.39 is 24.9 Å². The largest absolute Gasteiger partial charge is 0.486 e. The van der Waals surface area contributed by atoms with Crippen molar-refractivity contribution in [2.75, 3.05) is 6.61 Å². The number of alkyl halides is 4.